The Balaban J connectivity index is 2.01. The predicted octanol–water partition coefficient (Wildman–Crippen LogP) is 4.80. The van der Waals surface area contributed by atoms with Gasteiger partial charge in [0.1, 0.15) is 22.9 Å². The monoisotopic (exact) mass is 482 g/mol. The summed E-state index contributed by atoms with van der Waals surface area (Å²) in [6.07, 6.45) is 0.813. The number of ether oxygens (including phenoxy) is 2. The molecule has 3 rings (SSSR count). The molecule has 0 saturated heterocycles. The second-order valence-corrected chi connectivity index (χ2v) is 9.49. The number of amides is 1. The Morgan fingerprint density at radius 2 is 1.68 bits per heavy atom. The Kier molecular flexibility index (Phi) is 8.17. The highest BCUT2D eigenvalue weighted by atomic mass is 32.2. The minimum absolute atomic E-state index is 0.00270. The number of benzene rings is 3. The summed E-state index contributed by atoms with van der Waals surface area (Å²) < 4.78 is 39.6. The molecule has 0 aromatic heterocycles. The summed E-state index contributed by atoms with van der Waals surface area (Å²) in [5, 5.41) is 2.78. The second-order valence-electron chi connectivity index (χ2n) is 7.66. The SMILES string of the molecule is CCOc1ccccc1NC(=O)CN(c1ccc(CC)cc1)S(=O)(=O)c1cc(C)ccc1OC. The minimum Gasteiger partial charge on any atom is -0.495 e. The molecule has 1 N–H and O–H groups in total. The molecule has 0 saturated carbocycles. The van der Waals surface area contributed by atoms with E-state index in [9.17, 15) is 13.2 Å². The molecule has 1 amide bonds. The van der Waals surface area contributed by atoms with Crippen LogP contribution in [-0.4, -0.2) is 34.6 Å². The van der Waals surface area contributed by atoms with Crippen molar-refractivity contribution in [2.75, 3.05) is 29.9 Å². The lowest BCUT2D eigenvalue weighted by Crippen LogP contribution is -2.38. The highest BCUT2D eigenvalue weighted by molar-refractivity contribution is 7.93. The van der Waals surface area contributed by atoms with Gasteiger partial charge in [-0.1, -0.05) is 37.3 Å². The summed E-state index contributed by atoms with van der Waals surface area (Å²) in [6, 6.07) is 19.1. The average molecular weight is 483 g/mol. The van der Waals surface area contributed by atoms with E-state index in [0.29, 0.717) is 23.7 Å². The van der Waals surface area contributed by atoms with Crippen LogP contribution in [0.3, 0.4) is 0 Å². The van der Waals surface area contributed by atoms with E-state index in [1.165, 1.54) is 7.11 Å². The maximum Gasteiger partial charge on any atom is 0.268 e. The van der Waals surface area contributed by atoms with Gasteiger partial charge in [0.05, 0.1) is 25.1 Å². The maximum absolute atomic E-state index is 13.8. The zero-order valence-electron chi connectivity index (χ0n) is 19.9. The van der Waals surface area contributed by atoms with Crippen molar-refractivity contribution in [3.63, 3.8) is 0 Å². The van der Waals surface area contributed by atoms with Crippen LogP contribution in [0.25, 0.3) is 0 Å². The molecule has 0 aliphatic heterocycles. The van der Waals surface area contributed by atoms with Gasteiger partial charge in [0.2, 0.25) is 5.91 Å². The molecule has 3 aromatic rings. The fraction of sp³-hybridized carbons (Fsp3) is 0.269. The van der Waals surface area contributed by atoms with E-state index in [1.807, 2.05) is 26.0 Å². The normalized spacial score (nSPS) is 11.1. The number of aryl methyl sites for hydroxylation is 2. The van der Waals surface area contributed by atoms with E-state index in [4.69, 9.17) is 9.47 Å². The molecule has 180 valence electrons. The first-order valence-corrected chi connectivity index (χ1v) is 12.5. The van der Waals surface area contributed by atoms with Gasteiger partial charge in [-0.3, -0.25) is 9.10 Å². The molecule has 0 heterocycles. The Hall–Kier alpha value is -3.52. The zero-order chi connectivity index (χ0) is 24.7. The van der Waals surface area contributed by atoms with E-state index in [0.717, 1.165) is 21.9 Å². The average Bonchev–Trinajstić information content (AvgIpc) is 2.84. The van der Waals surface area contributed by atoms with Crippen LogP contribution < -0.4 is 19.1 Å². The third-order valence-electron chi connectivity index (χ3n) is 5.27. The predicted molar refractivity (Wildman–Crippen MR) is 134 cm³/mol. The van der Waals surface area contributed by atoms with E-state index >= 15 is 0 Å². The zero-order valence-corrected chi connectivity index (χ0v) is 20.7. The summed E-state index contributed by atoms with van der Waals surface area (Å²) in [4.78, 5) is 13.1. The molecule has 3 aromatic carbocycles. The lowest BCUT2D eigenvalue weighted by atomic mass is 10.1. The van der Waals surface area contributed by atoms with Gasteiger partial charge in [0.15, 0.2) is 0 Å². The van der Waals surface area contributed by atoms with Gasteiger partial charge in [-0.15, -0.1) is 0 Å². The van der Waals surface area contributed by atoms with Crippen molar-refractivity contribution in [2.45, 2.75) is 32.1 Å². The molecule has 0 unspecified atom stereocenters. The van der Waals surface area contributed by atoms with Crippen LogP contribution in [0, 0.1) is 6.92 Å². The number of anilines is 2. The van der Waals surface area contributed by atoms with E-state index < -0.39 is 22.5 Å². The molecule has 0 aliphatic rings. The first-order valence-electron chi connectivity index (χ1n) is 11.1. The fourth-order valence-electron chi connectivity index (χ4n) is 3.49. The van der Waals surface area contributed by atoms with E-state index in [-0.39, 0.29) is 10.6 Å². The number of rotatable bonds is 10. The van der Waals surface area contributed by atoms with Gasteiger partial charge in [-0.2, -0.15) is 0 Å². The minimum atomic E-state index is -4.13. The third-order valence-corrected chi connectivity index (χ3v) is 7.06. The molecule has 0 atom stereocenters. The largest absolute Gasteiger partial charge is 0.495 e. The van der Waals surface area contributed by atoms with Crippen LogP contribution in [-0.2, 0) is 21.2 Å². The Bertz CT molecular complexity index is 1240. The van der Waals surface area contributed by atoms with Gasteiger partial charge in [0.25, 0.3) is 10.0 Å². The number of sulfonamides is 1. The molecule has 7 nitrogen and oxygen atoms in total. The number of methoxy groups -OCH3 is 1. The number of hydrogen-bond acceptors (Lipinski definition) is 5. The molecule has 34 heavy (non-hydrogen) atoms. The Morgan fingerprint density at radius 1 is 0.971 bits per heavy atom. The summed E-state index contributed by atoms with van der Waals surface area (Å²) in [6.45, 7) is 5.68. The van der Waals surface area contributed by atoms with Crippen molar-refractivity contribution in [1.29, 1.82) is 0 Å². The second kappa shape index (κ2) is 11.1. The first kappa shape index (κ1) is 25.1. The Labute approximate surface area is 201 Å². The molecule has 8 heteroatoms. The van der Waals surface area contributed by atoms with Crippen molar-refractivity contribution in [1.82, 2.24) is 0 Å². The van der Waals surface area contributed by atoms with Crippen LogP contribution in [0.2, 0.25) is 0 Å². The number of carbonyl (C=O) groups excluding carboxylic acids is 1. The molecule has 0 aliphatic carbocycles. The summed E-state index contributed by atoms with van der Waals surface area (Å²) in [5.41, 5.74) is 2.68. The lowest BCUT2D eigenvalue weighted by molar-refractivity contribution is -0.114. The smallest absolute Gasteiger partial charge is 0.268 e. The van der Waals surface area contributed by atoms with Gasteiger partial charge in [-0.25, -0.2) is 8.42 Å². The van der Waals surface area contributed by atoms with Crippen molar-refractivity contribution in [2.24, 2.45) is 0 Å². The standard InChI is InChI=1S/C26H30N2O5S/c1-5-20-12-14-21(15-13-20)28(34(30,31)25-17-19(3)11-16-24(25)32-4)18-26(29)27-22-9-7-8-10-23(22)33-6-2/h7-17H,5-6,18H2,1-4H3,(H,27,29). The number of nitrogens with one attached hydrogen (secondary N) is 1. The number of carbonyl (C=O) groups is 1. The summed E-state index contributed by atoms with van der Waals surface area (Å²) in [5.74, 6) is 0.227. The van der Waals surface area contributed by atoms with Gasteiger partial charge in [-0.05, 0) is 67.8 Å². The fourth-order valence-corrected chi connectivity index (χ4v) is 5.15. The van der Waals surface area contributed by atoms with Crippen LogP contribution >= 0.6 is 0 Å². The summed E-state index contributed by atoms with van der Waals surface area (Å²) >= 11 is 0. The number of nitrogens with zero attached hydrogens (tertiary/aromatic N) is 1. The van der Waals surface area contributed by atoms with Crippen LogP contribution in [0.1, 0.15) is 25.0 Å². The van der Waals surface area contributed by atoms with E-state index in [1.54, 1.807) is 61.5 Å². The topological polar surface area (TPSA) is 84.9 Å². The molecular formula is C26H30N2O5S. The lowest BCUT2D eigenvalue weighted by Gasteiger charge is -2.25. The molecule has 0 spiro atoms. The maximum atomic E-state index is 13.8. The highest BCUT2D eigenvalue weighted by Crippen LogP contribution is 2.31. The quantitative estimate of drug-likeness (QED) is 0.449. The van der Waals surface area contributed by atoms with Crippen LogP contribution in [0.5, 0.6) is 11.5 Å². The molecular weight excluding hydrogens is 452 g/mol. The van der Waals surface area contributed by atoms with E-state index in [2.05, 4.69) is 5.32 Å². The number of para-hydroxylation sites is 2. The van der Waals surface area contributed by atoms with Gasteiger partial charge < -0.3 is 14.8 Å². The van der Waals surface area contributed by atoms with Gasteiger partial charge >= 0.3 is 0 Å². The Morgan fingerprint density at radius 3 is 2.32 bits per heavy atom. The first-order chi connectivity index (χ1) is 16.3. The van der Waals surface area contributed by atoms with Crippen molar-refractivity contribution in [3.05, 3.63) is 77.9 Å². The van der Waals surface area contributed by atoms with Crippen LogP contribution in [0.15, 0.2) is 71.6 Å². The van der Waals surface area contributed by atoms with Crippen molar-refractivity contribution < 1.29 is 22.7 Å². The summed E-state index contributed by atoms with van der Waals surface area (Å²) in [7, 11) is -2.71. The van der Waals surface area contributed by atoms with Crippen molar-refractivity contribution >= 4 is 27.3 Å². The molecule has 0 fully saturated rings. The van der Waals surface area contributed by atoms with Gasteiger partial charge in [0, 0.05) is 0 Å². The molecule has 0 radical (unpaired) electrons. The third kappa shape index (κ3) is 5.69. The van der Waals surface area contributed by atoms with Crippen molar-refractivity contribution in [3.8, 4) is 11.5 Å². The molecule has 0 bridgehead atoms. The van der Waals surface area contributed by atoms with Crippen LogP contribution in [0.4, 0.5) is 11.4 Å². The number of hydrogen-bond donors (Lipinski definition) is 1. The highest BCUT2D eigenvalue weighted by Gasteiger charge is 2.30.